The van der Waals surface area contributed by atoms with Crippen molar-refractivity contribution in [2.24, 2.45) is 0 Å². The van der Waals surface area contributed by atoms with Crippen LogP contribution in [0, 0.1) is 0 Å². The van der Waals surface area contributed by atoms with E-state index in [0.29, 0.717) is 0 Å². The van der Waals surface area contributed by atoms with Crippen molar-refractivity contribution in [2.75, 3.05) is 0 Å². The summed E-state index contributed by atoms with van der Waals surface area (Å²) in [6.45, 7) is 4.40. The molecular weight excluding hydrogens is 148 g/mol. The van der Waals surface area contributed by atoms with E-state index >= 15 is 0 Å². The Morgan fingerprint density at radius 3 is 2.33 bits per heavy atom. The number of furan rings is 2. The zero-order valence-electron chi connectivity index (χ0n) is 7.68. The van der Waals surface area contributed by atoms with Gasteiger partial charge in [-0.15, -0.1) is 0 Å². The van der Waals surface area contributed by atoms with E-state index < -0.39 is 0 Å². The van der Waals surface area contributed by atoms with Gasteiger partial charge in [-0.1, -0.05) is 20.3 Å². The summed E-state index contributed by atoms with van der Waals surface area (Å²) in [5.41, 5.74) is 5.06. The van der Waals surface area contributed by atoms with Crippen LogP contribution in [0.1, 0.15) is 31.4 Å². The molecule has 0 aliphatic carbocycles. The Morgan fingerprint density at radius 2 is 1.75 bits per heavy atom. The first-order valence-corrected chi connectivity index (χ1v) is 4.69. The van der Waals surface area contributed by atoms with E-state index in [2.05, 4.69) is 26.0 Å². The van der Waals surface area contributed by atoms with Gasteiger partial charge >= 0.3 is 0 Å². The molecule has 1 heteroatoms. The molecular formula is C11H14O. The summed E-state index contributed by atoms with van der Waals surface area (Å²) in [4.78, 5) is 0. The molecule has 1 nitrogen and oxygen atoms in total. The van der Waals surface area contributed by atoms with E-state index in [4.69, 9.17) is 4.42 Å². The van der Waals surface area contributed by atoms with Gasteiger partial charge in [-0.05, 0) is 25.0 Å². The lowest BCUT2D eigenvalue weighted by molar-refractivity contribution is 0.670. The molecule has 2 aromatic rings. The number of aryl methyl sites for hydroxylation is 2. The molecule has 0 radical (unpaired) electrons. The quantitative estimate of drug-likeness (QED) is 0.674. The summed E-state index contributed by atoms with van der Waals surface area (Å²) in [5, 5.41) is 0. The first-order chi connectivity index (χ1) is 5.86. The fraction of sp³-hybridized carbons (Fsp3) is 0.455. The van der Waals surface area contributed by atoms with Gasteiger partial charge in [0.2, 0.25) is 0 Å². The van der Waals surface area contributed by atoms with Crippen LogP contribution in [0.3, 0.4) is 0 Å². The highest BCUT2D eigenvalue weighted by Crippen LogP contribution is 2.29. The fourth-order valence-corrected chi connectivity index (χ4v) is 1.87. The molecule has 64 valence electrons. The third kappa shape index (κ3) is 0.927. The summed E-state index contributed by atoms with van der Waals surface area (Å²) >= 11 is 0. The number of benzene rings is 1. The van der Waals surface area contributed by atoms with Crippen LogP contribution in [0.4, 0.5) is 0 Å². The molecule has 12 heavy (non-hydrogen) atoms. The van der Waals surface area contributed by atoms with Crippen molar-refractivity contribution in [1.82, 2.24) is 0 Å². The Balaban J connectivity index is 2.50. The smallest absolute Gasteiger partial charge is 0.131 e. The van der Waals surface area contributed by atoms with Crippen molar-refractivity contribution in [1.29, 1.82) is 0 Å². The van der Waals surface area contributed by atoms with Crippen molar-refractivity contribution in [3.63, 3.8) is 0 Å². The van der Waals surface area contributed by atoms with Gasteiger partial charge in [0.1, 0.15) is 11.2 Å². The lowest BCUT2D eigenvalue weighted by Gasteiger charge is -1.99. The largest absolute Gasteiger partial charge is 0.457 e. The lowest BCUT2D eigenvalue weighted by Crippen LogP contribution is -1.88. The standard InChI is InChI=1S/C11H14O/c1-3-5-9-8(4-2)10-6-7-11(9)12-10/h6-7H,3-5H2,1-2H3. The molecule has 0 spiro atoms. The van der Waals surface area contributed by atoms with Crippen molar-refractivity contribution < 1.29 is 4.42 Å². The molecule has 2 rings (SSSR count). The third-order valence-electron chi connectivity index (χ3n) is 2.42. The van der Waals surface area contributed by atoms with Crippen LogP contribution >= 0.6 is 0 Å². The fourth-order valence-electron chi connectivity index (χ4n) is 1.87. The van der Waals surface area contributed by atoms with E-state index in [1.54, 1.807) is 0 Å². The minimum atomic E-state index is 1.09. The average Bonchev–Trinajstić information content (AvgIpc) is 2.64. The summed E-state index contributed by atoms with van der Waals surface area (Å²) in [6.07, 6.45) is 3.46. The van der Waals surface area contributed by atoms with Gasteiger partial charge in [0.05, 0.1) is 0 Å². The molecule has 0 N–H and O–H groups in total. The second kappa shape index (κ2) is 2.81. The van der Waals surface area contributed by atoms with Crippen molar-refractivity contribution in [2.45, 2.75) is 33.1 Å². The van der Waals surface area contributed by atoms with Crippen molar-refractivity contribution >= 4 is 11.2 Å². The highest BCUT2D eigenvalue weighted by molar-refractivity contribution is 5.71. The van der Waals surface area contributed by atoms with Gasteiger partial charge in [0, 0.05) is 11.1 Å². The summed E-state index contributed by atoms with van der Waals surface area (Å²) in [5.74, 6) is 0. The molecule has 0 fully saturated rings. The summed E-state index contributed by atoms with van der Waals surface area (Å²) in [6, 6.07) is 4.16. The van der Waals surface area contributed by atoms with E-state index in [-0.39, 0.29) is 0 Å². The topological polar surface area (TPSA) is 13.1 Å². The molecule has 0 amide bonds. The van der Waals surface area contributed by atoms with Crippen molar-refractivity contribution in [3.05, 3.63) is 23.3 Å². The Kier molecular flexibility index (Phi) is 1.80. The maximum Gasteiger partial charge on any atom is 0.131 e. The zero-order chi connectivity index (χ0) is 8.55. The minimum absolute atomic E-state index is 1.09. The van der Waals surface area contributed by atoms with Gasteiger partial charge in [-0.2, -0.15) is 0 Å². The lowest BCUT2D eigenvalue weighted by atomic mass is 10.0. The van der Waals surface area contributed by atoms with E-state index in [9.17, 15) is 0 Å². The molecule has 2 heterocycles. The van der Waals surface area contributed by atoms with Gasteiger partial charge in [-0.25, -0.2) is 0 Å². The van der Waals surface area contributed by atoms with Crippen LogP contribution in [-0.2, 0) is 12.8 Å². The van der Waals surface area contributed by atoms with Crippen LogP contribution in [-0.4, -0.2) is 0 Å². The Labute approximate surface area is 72.7 Å². The molecule has 0 saturated carbocycles. The van der Waals surface area contributed by atoms with Crippen LogP contribution in [0.25, 0.3) is 11.2 Å². The molecule has 2 bridgehead atoms. The van der Waals surface area contributed by atoms with Gasteiger partial charge in [0.25, 0.3) is 0 Å². The second-order valence-corrected chi connectivity index (χ2v) is 3.22. The van der Waals surface area contributed by atoms with Gasteiger partial charge < -0.3 is 4.42 Å². The summed E-state index contributed by atoms with van der Waals surface area (Å²) in [7, 11) is 0. The second-order valence-electron chi connectivity index (χ2n) is 3.22. The van der Waals surface area contributed by atoms with Crippen LogP contribution in [0.15, 0.2) is 16.5 Å². The maximum absolute atomic E-state index is 5.59. The number of hydrogen-bond acceptors (Lipinski definition) is 1. The zero-order valence-corrected chi connectivity index (χ0v) is 7.68. The van der Waals surface area contributed by atoms with E-state index in [1.807, 2.05) is 0 Å². The van der Waals surface area contributed by atoms with E-state index in [0.717, 1.165) is 24.0 Å². The number of hydrogen-bond donors (Lipinski definition) is 0. The van der Waals surface area contributed by atoms with Crippen LogP contribution < -0.4 is 0 Å². The normalized spacial score (nSPS) is 11.5. The molecule has 2 aromatic heterocycles. The predicted molar refractivity (Wildman–Crippen MR) is 50.8 cm³/mol. The molecule has 0 aliphatic heterocycles. The van der Waals surface area contributed by atoms with Crippen molar-refractivity contribution in [3.8, 4) is 0 Å². The first kappa shape index (κ1) is 7.66. The van der Waals surface area contributed by atoms with Crippen LogP contribution in [0.2, 0.25) is 0 Å². The first-order valence-electron chi connectivity index (χ1n) is 4.69. The van der Waals surface area contributed by atoms with Crippen LogP contribution in [0.5, 0.6) is 0 Å². The minimum Gasteiger partial charge on any atom is -0.457 e. The van der Waals surface area contributed by atoms with Gasteiger partial charge in [0.15, 0.2) is 0 Å². The molecule has 0 aliphatic rings. The molecule has 0 saturated heterocycles. The van der Waals surface area contributed by atoms with Gasteiger partial charge in [-0.3, -0.25) is 0 Å². The monoisotopic (exact) mass is 162 g/mol. The SMILES string of the molecule is CCCc1c(CC)c2ccc1o2. The Hall–Kier alpha value is -0.980. The maximum atomic E-state index is 5.59. The Morgan fingerprint density at radius 1 is 1.08 bits per heavy atom. The van der Waals surface area contributed by atoms with E-state index in [1.165, 1.54) is 17.5 Å². The predicted octanol–water partition coefficient (Wildman–Crippen LogP) is 3.39. The Bertz CT molecular complexity index is 359. The molecule has 0 atom stereocenters. The number of fused-ring (bicyclic) bond motifs is 2. The highest BCUT2D eigenvalue weighted by Gasteiger charge is 2.13. The highest BCUT2D eigenvalue weighted by atomic mass is 16.3. The summed E-state index contributed by atoms with van der Waals surface area (Å²) < 4.78 is 5.59. The number of rotatable bonds is 3. The third-order valence-corrected chi connectivity index (χ3v) is 2.42. The molecule has 0 unspecified atom stereocenters. The molecule has 0 aromatic carbocycles. The average molecular weight is 162 g/mol.